The van der Waals surface area contributed by atoms with Gasteiger partial charge in [0.1, 0.15) is 19.0 Å². The van der Waals surface area contributed by atoms with E-state index in [1.165, 1.54) is 18.4 Å². The minimum atomic E-state index is 0.0757. The average Bonchev–Trinajstić information content (AvgIpc) is 3.06. The van der Waals surface area contributed by atoms with Crippen LogP contribution >= 0.6 is 0 Å². The molecule has 256 valence electrons. The zero-order valence-electron chi connectivity index (χ0n) is 31.1. The SMILES string of the molecule is C/C=C\C(=N)CO/C(C=O)=C(/C)N(CC)Cc1ccc(OCCN(C)C)cc1.CC.CC.CCC(C)CC.Cc1ccccc1. The highest BCUT2D eigenvalue weighted by molar-refractivity contribution is 5.93. The number of carbonyl (C=O) groups excluding carboxylic acids is 1. The van der Waals surface area contributed by atoms with Gasteiger partial charge < -0.3 is 24.7 Å². The number of nitrogens with zero attached hydrogens (tertiary/aromatic N) is 2. The van der Waals surface area contributed by atoms with E-state index < -0.39 is 0 Å². The first-order chi connectivity index (χ1) is 21.6. The Morgan fingerprint density at radius 2 is 1.49 bits per heavy atom. The van der Waals surface area contributed by atoms with E-state index in [1.807, 2.05) is 105 Å². The van der Waals surface area contributed by atoms with Gasteiger partial charge in [-0.15, -0.1) is 0 Å². The predicted molar refractivity (Wildman–Crippen MR) is 197 cm³/mol. The molecule has 6 nitrogen and oxygen atoms in total. The number of hydrogen-bond donors (Lipinski definition) is 1. The Bertz CT molecular complexity index is 1010. The van der Waals surface area contributed by atoms with E-state index in [4.69, 9.17) is 14.9 Å². The average molecular weight is 626 g/mol. The van der Waals surface area contributed by atoms with Gasteiger partial charge in [-0.1, -0.05) is 115 Å². The van der Waals surface area contributed by atoms with Crippen LogP contribution in [0, 0.1) is 18.3 Å². The van der Waals surface area contributed by atoms with Gasteiger partial charge in [0.25, 0.3) is 0 Å². The fourth-order valence-corrected chi connectivity index (χ4v) is 3.33. The van der Waals surface area contributed by atoms with Crippen LogP contribution < -0.4 is 4.74 Å². The highest BCUT2D eigenvalue weighted by Crippen LogP contribution is 2.17. The Kier molecular flexibility index (Phi) is 32.8. The van der Waals surface area contributed by atoms with E-state index in [9.17, 15) is 4.79 Å². The third-order valence-corrected chi connectivity index (χ3v) is 6.51. The summed E-state index contributed by atoms with van der Waals surface area (Å²) < 4.78 is 11.3. The highest BCUT2D eigenvalue weighted by Gasteiger charge is 2.12. The summed E-state index contributed by atoms with van der Waals surface area (Å²) in [4.78, 5) is 15.6. The van der Waals surface area contributed by atoms with Crippen molar-refractivity contribution < 1.29 is 14.3 Å². The lowest BCUT2D eigenvalue weighted by Gasteiger charge is -2.25. The van der Waals surface area contributed by atoms with Crippen LogP contribution in [0.3, 0.4) is 0 Å². The van der Waals surface area contributed by atoms with Crippen molar-refractivity contribution in [1.29, 1.82) is 5.41 Å². The fourth-order valence-electron chi connectivity index (χ4n) is 3.33. The molecule has 0 amide bonds. The molecule has 0 spiro atoms. The zero-order valence-corrected chi connectivity index (χ0v) is 31.1. The second-order valence-corrected chi connectivity index (χ2v) is 10.3. The number of aryl methyl sites for hydroxylation is 1. The van der Waals surface area contributed by atoms with Crippen LogP contribution in [0.1, 0.15) is 93.2 Å². The van der Waals surface area contributed by atoms with Crippen molar-refractivity contribution in [2.75, 3.05) is 40.4 Å². The maximum atomic E-state index is 11.5. The Morgan fingerprint density at radius 3 is 1.87 bits per heavy atom. The molecule has 0 heterocycles. The summed E-state index contributed by atoms with van der Waals surface area (Å²) >= 11 is 0. The number of likely N-dealkylation sites (N-methyl/N-ethyl adjacent to an activating group) is 1. The highest BCUT2D eigenvalue weighted by atomic mass is 16.5. The van der Waals surface area contributed by atoms with Crippen LogP contribution in [0.15, 0.2) is 78.2 Å². The summed E-state index contributed by atoms with van der Waals surface area (Å²) in [6.45, 7) is 25.6. The summed E-state index contributed by atoms with van der Waals surface area (Å²) in [5, 5.41) is 7.74. The Balaban J connectivity index is -0.000000843. The van der Waals surface area contributed by atoms with Gasteiger partial charge in [-0.3, -0.25) is 4.79 Å². The van der Waals surface area contributed by atoms with Crippen LogP contribution in [0.4, 0.5) is 0 Å². The van der Waals surface area contributed by atoms with E-state index >= 15 is 0 Å². The molecule has 0 bridgehead atoms. The molecule has 0 radical (unpaired) electrons. The van der Waals surface area contributed by atoms with E-state index in [2.05, 4.69) is 49.6 Å². The smallest absolute Gasteiger partial charge is 0.186 e. The van der Waals surface area contributed by atoms with Gasteiger partial charge >= 0.3 is 0 Å². The number of aldehydes is 1. The molecular formula is C39H67N3O3. The standard InChI is InChI=1S/C22H33N3O3.C7H8.C6H14.2C2H6/c1-6-8-20(23)17-28-22(16-26)18(3)25(7-2)15-19-9-11-21(12-10-19)27-14-13-24(4)5;1-7-5-3-2-4-6-7;1-4-6(3)5-2;2*1-2/h6,8-12,16,23H,7,13-15,17H2,1-5H3;2-6H,1H3;6H,4-5H2,1-3H3;2*1-2H3/b8-6-,22-18-,23-20?;;;;. The van der Waals surface area contributed by atoms with Crippen LogP contribution in [0.2, 0.25) is 0 Å². The number of ether oxygens (including phenoxy) is 2. The lowest BCUT2D eigenvalue weighted by atomic mass is 10.1. The minimum Gasteiger partial charge on any atom is -0.492 e. The molecule has 0 fully saturated rings. The summed E-state index contributed by atoms with van der Waals surface area (Å²) in [6, 6.07) is 18.3. The monoisotopic (exact) mass is 626 g/mol. The molecule has 0 saturated heterocycles. The van der Waals surface area contributed by atoms with Crippen LogP contribution in [0.5, 0.6) is 5.75 Å². The van der Waals surface area contributed by atoms with Gasteiger partial charge in [0.05, 0.1) is 11.4 Å². The van der Waals surface area contributed by atoms with Crippen molar-refractivity contribution in [2.24, 2.45) is 5.92 Å². The molecular weight excluding hydrogens is 558 g/mol. The van der Waals surface area contributed by atoms with Gasteiger partial charge in [-0.05, 0) is 71.5 Å². The number of carbonyl (C=O) groups is 1. The van der Waals surface area contributed by atoms with Gasteiger partial charge in [-0.25, -0.2) is 0 Å². The molecule has 2 rings (SSSR count). The van der Waals surface area contributed by atoms with E-state index in [0.717, 1.165) is 36.0 Å². The van der Waals surface area contributed by atoms with Crippen LogP contribution in [-0.4, -0.2) is 62.2 Å². The molecule has 0 atom stereocenters. The first kappa shape index (κ1) is 46.0. The third kappa shape index (κ3) is 25.6. The second kappa shape index (κ2) is 32.0. The second-order valence-electron chi connectivity index (χ2n) is 10.3. The maximum absolute atomic E-state index is 11.5. The van der Waals surface area contributed by atoms with E-state index in [0.29, 0.717) is 25.1 Å². The molecule has 2 aromatic carbocycles. The van der Waals surface area contributed by atoms with E-state index in [-0.39, 0.29) is 12.4 Å². The maximum Gasteiger partial charge on any atom is 0.186 e. The van der Waals surface area contributed by atoms with Gasteiger partial charge in [0.15, 0.2) is 12.0 Å². The summed E-state index contributed by atoms with van der Waals surface area (Å²) in [5.74, 6) is 2.05. The van der Waals surface area contributed by atoms with Crippen molar-refractivity contribution in [3.8, 4) is 5.75 Å². The van der Waals surface area contributed by atoms with E-state index in [1.54, 1.807) is 12.2 Å². The number of rotatable bonds is 15. The largest absolute Gasteiger partial charge is 0.492 e. The van der Waals surface area contributed by atoms with Crippen molar-refractivity contribution in [3.63, 3.8) is 0 Å². The van der Waals surface area contributed by atoms with Gasteiger partial charge in [-0.2, -0.15) is 0 Å². The van der Waals surface area contributed by atoms with Crippen molar-refractivity contribution >= 4 is 12.0 Å². The molecule has 0 aliphatic carbocycles. The molecule has 0 aromatic heterocycles. The summed E-state index contributed by atoms with van der Waals surface area (Å²) in [6.07, 6.45) is 6.79. The van der Waals surface area contributed by atoms with Crippen molar-refractivity contribution in [1.82, 2.24) is 9.80 Å². The zero-order chi connectivity index (χ0) is 35.0. The van der Waals surface area contributed by atoms with Crippen molar-refractivity contribution in [2.45, 2.75) is 95.5 Å². The fraction of sp³-hybridized carbons (Fsp3) is 0.538. The molecule has 0 saturated carbocycles. The number of nitrogens with one attached hydrogen (secondary N) is 1. The molecule has 0 unspecified atom stereocenters. The van der Waals surface area contributed by atoms with Crippen LogP contribution in [-0.2, 0) is 16.1 Å². The normalized spacial score (nSPS) is 10.5. The number of hydrogen-bond acceptors (Lipinski definition) is 6. The van der Waals surface area contributed by atoms with Gasteiger partial charge in [0.2, 0.25) is 0 Å². The lowest BCUT2D eigenvalue weighted by Crippen LogP contribution is -2.23. The molecule has 0 aliphatic rings. The molecule has 2 aromatic rings. The minimum absolute atomic E-state index is 0.0757. The number of benzene rings is 2. The Hall–Kier alpha value is -3.38. The third-order valence-electron chi connectivity index (χ3n) is 6.51. The Labute approximate surface area is 278 Å². The summed E-state index contributed by atoms with van der Waals surface area (Å²) in [5.41, 5.74) is 3.52. The molecule has 6 heteroatoms. The predicted octanol–water partition coefficient (Wildman–Crippen LogP) is 9.98. The first-order valence-corrected chi connectivity index (χ1v) is 16.7. The van der Waals surface area contributed by atoms with Crippen LogP contribution in [0.25, 0.3) is 0 Å². The van der Waals surface area contributed by atoms with Gasteiger partial charge in [0, 0.05) is 19.6 Å². The molecule has 1 N–H and O–H groups in total. The number of allylic oxidation sites excluding steroid dienone is 3. The lowest BCUT2D eigenvalue weighted by molar-refractivity contribution is -0.107. The first-order valence-electron chi connectivity index (χ1n) is 16.7. The molecule has 0 aliphatic heterocycles. The molecule has 45 heavy (non-hydrogen) atoms. The van der Waals surface area contributed by atoms with Crippen molar-refractivity contribution in [3.05, 3.63) is 89.3 Å². The topological polar surface area (TPSA) is 65.9 Å². The summed E-state index contributed by atoms with van der Waals surface area (Å²) in [7, 11) is 4.03. The Morgan fingerprint density at radius 1 is 0.933 bits per heavy atom. The quantitative estimate of drug-likeness (QED) is 0.0923.